The molecule has 2 N–H and O–H groups in total. The van der Waals surface area contributed by atoms with Crippen LogP contribution < -0.4 is 20.1 Å². The number of halogens is 2. The highest BCUT2D eigenvalue weighted by atomic mass is 19.3. The van der Waals surface area contributed by atoms with Crippen LogP contribution in [0.25, 0.3) is 0 Å². The van der Waals surface area contributed by atoms with Crippen molar-refractivity contribution in [1.82, 2.24) is 15.5 Å². The van der Waals surface area contributed by atoms with Crippen LogP contribution in [0.1, 0.15) is 23.6 Å². The van der Waals surface area contributed by atoms with Crippen molar-refractivity contribution in [2.75, 3.05) is 26.7 Å². The summed E-state index contributed by atoms with van der Waals surface area (Å²) in [6, 6.07) is 12.7. The fraction of sp³-hybridized carbons (Fsp3) is 0.391. The van der Waals surface area contributed by atoms with Gasteiger partial charge < -0.3 is 25.0 Å². The lowest BCUT2D eigenvalue weighted by molar-refractivity contribution is -0.130. The SMILES string of the molecule is CCNC(=NCc1cc(OC)ccc1OC(F)F)NCC(=O)N1CCc2ccccc2C1. The molecule has 0 saturated heterocycles. The van der Waals surface area contributed by atoms with Crippen LogP contribution >= 0.6 is 0 Å². The molecule has 7 nitrogen and oxygen atoms in total. The standard InChI is InChI=1S/C23H28F2N4O3/c1-3-26-23(27-13-18-12-19(31-2)8-9-20(18)32-22(24)25)28-14-21(30)29-11-10-16-6-4-5-7-17(16)15-29/h4-9,12,22H,3,10-11,13-15H2,1-2H3,(H2,26,27,28). The minimum atomic E-state index is -2.94. The molecule has 9 heteroatoms. The molecular formula is C23H28F2N4O3. The van der Waals surface area contributed by atoms with Crippen LogP contribution in [0.4, 0.5) is 8.78 Å². The van der Waals surface area contributed by atoms with Crippen molar-refractivity contribution in [1.29, 1.82) is 0 Å². The van der Waals surface area contributed by atoms with E-state index in [9.17, 15) is 13.6 Å². The summed E-state index contributed by atoms with van der Waals surface area (Å²) in [4.78, 5) is 18.9. The Kier molecular flexibility index (Phi) is 8.24. The number of rotatable bonds is 8. The first-order valence-corrected chi connectivity index (χ1v) is 10.5. The van der Waals surface area contributed by atoms with Crippen molar-refractivity contribution < 1.29 is 23.0 Å². The van der Waals surface area contributed by atoms with Gasteiger partial charge in [0.2, 0.25) is 5.91 Å². The summed E-state index contributed by atoms with van der Waals surface area (Å²) in [6.07, 6.45) is 0.832. The number of benzene rings is 2. The predicted octanol–water partition coefficient (Wildman–Crippen LogP) is 2.94. The molecule has 0 atom stereocenters. The van der Waals surface area contributed by atoms with Crippen LogP contribution in [0.15, 0.2) is 47.5 Å². The Hall–Kier alpha value is -3.36. The van der Waals surface area contributed by atoms with E-state index >= 15 is 0 Å². The third kappa shape index (κ3) is 6.32. The van der Waals surface area contributed by atoms with Crippen LogP contribution in [0, 0.1) is 0 Å². The number of methoxy groups -OCH3 is 1. The van der Waals surface area contributed by atoms with Gasteiger partial charge in [0.05, 0.1) is 20.2 Å². The maximum Gasteiger partial charge on any atom is 0.387 e. The molecule has 0 radical (unpaired) electrons. The van der Waals surface area contributed by atoms with E-state index in [-0.39, 0.29) is 24.7 Å². The number of hydrogen-bond acceptors (Lipinski definition) is 4. The first kappa shape index (κ1) is 23.3. The fourth-order valence-electron chi connectivity index (χ4n) is 3.50. The van der Waals surface area contributed by atoms with Gasteiger partial charge in [-0.2, -0.15) is 8.78 Å². The van der Waals surface area contributed by atoms with Crippen LogP contribution in [0.3, 0.4) is 0 Å². The van der Waals surface area contributed by atoms with E-state index in [1.54, 1.807) is 12.1 Å². The lowest BCUT2D eigenvalue weighted by atomic mass is 10.00. The molecule has 0 aromatic heterocycles. The fourth-order valence-corrected chi connectivity index (χ4v) is 3.50. The van der Waals surface area contributed by atoms with Crippen molar-refractivity contribution in [2.24, 2.45) is 4.99 Å². The molecule has 2 aromatic carbocycles. The number of carbonyl (C=O) groups is 1. The monoisotopic (exact) mass is 446 g/mol. The van der Waals surface area contributed by atoms with Crippen LogP contribution in [0.5, 0.6) is 11.5 Å². The number of amides is 1. The molecule has 2 aromatic rings. The topological polar surface area (TPSA) is 75.2 Å². The Balaban J connectivity index is 1.64. The Morgan fingerprint density at radius 1 is 1.19 bits per heavy atom. The summed E-state index contributed by atoms with van der Waals surface area (Å²) >= 11 is 0. The third-order valence-corrected chi connectivity index (χ3v) is 5.13. The van der Waals surface area contributed by atoms with Gasteiger partial charge in [0.1, 0.15) is 11.5 Å². The second-order valence-corrected chi connectivity index (χ2v) is 7.23. The van der Waals surface area contributed by atoms with Crippen LogP contribution in [-0.4, -0.2) is 50.1 Å². The summed E-state index contributed by atoms with van der Waals surface area (Å²) in [5.74, 6) is 0.913. The van der Waals surface area contributed by atoms with Gasteiger partial charge in [-0.1, -0.05) is 24.3 Å². The molecule has 32 heavy (non-hydrogen) atoms. The molecule has 0 spiro atoms. The van der Waals surface area contributed by atoms with Gasteiger partial charge in [-0.05, 0) is 42.7 Å². The minimum Gasteiger partial charge on any atom is -0.497 e. The Morgan fingerprint density at radius 3 is 2.69 bits per heavy atom. The summed E-state index contributed by atoms with van der Waals surface area (Å²) in [7, 11) is 1.49. The van der Waals surface area contributed by atoms with E-state index < -0.39 is 6.61 Å². The Labute approximate surface area is 186 Å². The van der Waals surface area contributed by atoms with Gasteiger partial charge >= 0.3 is 6.61 Å². The zero-order valence-corrected chi connectivity index (χ0v) is 18.2. The smallest absolute Gasteiger partial charge is 0.387 e. The molecule has 1 heterocycles. The number of alkyl halides is 2. The van der Waals surface area contributed by atoms with E-state index in [1.165, 1.54) is 18.7 Å². The normalized spacial score (nSPS) is 13.5. The van der Waals surface area contributed by atoms with Crippen molar-refractivity contribution in [3.63, 3.8) is 0 Å². The zero-order valence-electron chi connectivity index (χ0n) is 18.2. The number of aliphatic imine (C=N–C) groups is 1. The molecule has 172 valence electrons. The van der Waals surface area contributed by atoms with Crippen LogP contribution in [0.2, 0.25) is 0 Å². The number of ether oxygens (including phenoxy) is 2. The zero-order chi connectivity index (χ0) is 22.9. The number of nitrogens with one attached hydrogen (secondary N) is 2. The predicted molar refractivity (Wildman–Crippen MR) is 118 cm³/mol. The van der Waals surface area contributed by atoms with E-state index in [0.717, 1.165) is 12.0 Å². The van der Waals surface area contributed by atoms with Gasteiger partial charge in [0.25, 0.3) is 0 Å². The minimum absolute atomic E-state index is 0.0310. The summed E-state index contributed by atoms with van der Waals surface area (Å²) < 4.78 is 35.2. The van der Waals surface area contributed by atoms with Gasteiger partial charge in [-0.25, -0.2) is 4.99 Å². The summed E-state index contributed by atoms with van der Waals surface area (Å²) in [6.45, 7) is 0.940. The highest BCUT2D eigenvalue weighted by Gasteiger charge is 2.20. The van der Waals surface area contributed by atoms with E-state index in [1.807, 2.05) is 30.0 Å². The highest BCUT2D eigenvalue weighted by Crippen LogP contribution is 2.26. The molecule has 0 bridgehead atoms. The summed E-state index contributed by atoms with van der Waals surface area (Å²) in [5, 5.41) is 6.09. The van der Waals surface area contributed by atoms with E-state index in [2.05, 4.69) is 26.4 Å². The summed E-state index contributed by atoms with van der Waals surface area (Å²) in [5.41, 5.74) is 2.89. The first-order valence-electron chi connectivity index (χ1n) is 10.5. The first-order chi connectivity index (χ1) is 15.5. The number of nitrogens with zero attached hydrogens (tertiary/aromatic N) is 2. The van der Waals surface area contributed by atoms with E-state index in [4.69, 9.17) is 4.74 Å². The second kappa shape index (κ2) is 11.3. The molecular weight excluding hydrogens is 418 g/mol. The maximum atomic E-state index is 12.7. The molecule has 3 rings (SSSR count). The molecule has 0 saturated carbocycles. The number of carbonyl (C=O) groups excluding carboxylic acids is 1. The third-order valence-electron chi connectivity index (χ3n) is 5.13. The molecule has 0 aliphatic carbocycles. The maximum absolute atomic E-state index is 12.7. The molecule has 1 aliphatic heterocycles. The van der Waals surface area contributed by atoms with Gasteiger partial charge in [-0.15, -0.1) is 0 Å². The van der Waals surface area contributed by atoms with Crippen molar-refractivity contribution in [3.8, 4) is 11.5 Å². The largest absolute Gasteiger partial charge is 0.497 e. The number of fused-ring (bicyclic) bond motifs is 1. The lowest BCUT2D eigenvalue weighted by Gasteiger charge is -2.29. The molecule has 0 fully saturated rings. The van der Waals surface area contributed by atoms with Crippen molar-refractivity contribution in [2.45, 2.75) is 33.0 Å². The van der Waals surface area contributed by atoms with Gasteiger partial charge in [0.15, 0.2) is 5.96 Å². The molecule has 1 aliphatic rings. The van der Waals surface area contributed by atoms with Gasteiger partial charge in [0, 0.05) is 25.2 Å². The Morgan fingerprint density at radius 2 is 1.97 bits per heavy atom. The number of hydrogen-bond donors (Lipinski definition) is 2. The van der Waals surface area contributed by atoms with Crippen molar-refractivity contribution in [3.05, 3.63) is 59.2 Å². The molecule has 1 amide bonds. The average molecular weight is 446 g/mol. The second-order valence-electron chi connectivity index (χ2n) is 7.23. The van der Waals surface area contributed by atoms with Crippen molar-refractivity contribution >= 4 is 11.9 Å². The van der Waals surface area contributed by atoms with E-state index in [0.29, 0.717) is 36.9 Å². The molecule has 0 unspecified atom stereocenters. The lowest BCUT2D eigenvalue weighted by Crippen LogP contribution is -2.45. The van der Waals surface area contributed by atoms with Crippen LogP contribution in [-0.2, 0) is 24.3 Å². The van der Waals surface area contributed by atoms with Gasteiger partial charge in [-0.3, -0.25) is 4.79 Å². The quantitative estimate of drug-likeness (QED) is 0.482. The number of guanidine groups is 1. The highest BCUT2D eigenvalue weighted by molar-refractivity contribution is 5.86. The Bertz CT molecular complexity index is 953. The average Bonchev–Trinajstić information content (AvgIpc) is 2.80.